The van der Waals surface area contributed by atoms with Crippen LogP contribution in [0.2, 0.25) is 5.02 Å². The van der Waals surface area contributed by atoms with Crippen molar-refractivity contribution < 1.29 is 14.6 Å². The van der Waals surface area contributed by atoms with Crippen molar-refractivity contribution in [2.24, 2.45) is 0 Å². The van der Waals surface area contributed by atoms with Gasteiger partial charge in [0, 0.05) is 47.6 Å². The first-order valence-electron chi connectivity index (χ1n) is 10.6. The maximum atomic E-state index is 14.4. The van der Waals surface area contributed by atoms with Crippen LogP contribution in [0.1, 0.15) is 42.8 Å². The highest BCUT2D eigenvalue weighted by atomic mass is 35.5. The fraction of sp³-hybridized carbons (Fsp3) is 0.240. The zero-order valence-corrected chi connectivity index (χ0v) is 19.0. The lowest BCUT2D eigenvalue weighted by Crippen LogP contribution is -2.07. The fourth-order valence-corrected chi connectivity index (χ4v) is 3.76. The number of nitrogens with one attached hydrogen (secondary N) is 1. The molecule has 2 aromatic heterocycles. The number of aromatic nitrogens is 3. The van der Waals surface area contributed by atoms with E-state index in [0.717, 1.165) is 27.9 Å². The Morgan fingerprint density at radius 2 is 1.76 bits per heavy atom. The SMILES string of the molecule is CC(C)c1ncc(-c2ccc3ncc(Cl)c(NCc4cc(C(O)CO)ccc4F)c3c2)cn1. The Balaban J connectivity index is 1.68. The molecule has 8 heteroatoms. The first kappa shape index (κ1) is 23.0. The molecule has 0 saturated carbocycles. The number of hydrogen-bond acceptors (Lipinski definition) is 6. The lowest BCUT2D eigenvalue weighted by Gasteiger charge is -2.15. The van der Waals surface area contributed by atoms with Gasteiger partial charge < -0.3 is 15.5 Å². The third-order valence-electron chi connectivity index (χ3n) is 5.43. The smallest absolute Gasteiger partial charge is 0.130 e. The minimum atomic E-state index is -1.07. The van der Waals surface area contributed by atoms with E-state index in [2.05, 4.69) is 20.3 Å². The van der Waals surface area contributed by atoms with E-state index in [9.17, 15) is 14.6 Å². The van der Waals surface area contributed by atoms with E-state index in [0.29, 0.717) is 21.8 Å². The molecular formula is C25H24ClFN4O2. The van der Waals surface area contributed by atoms with E-state index in [-0.39, 0.29) is 12.5 Å². The van der Waals surface area contributed by atoms with Crippen molar-refractivity contribution in [3.8, 4) is 11.1 Å². The van der Waals surface area contributed by atoms with Crippen molar-refractivity contribution in [1.29, 1.82) is 0 Å². The molecule has 6 nitrogen and oxygen atoms in total. The third kappa shape index (κ3) is 4.95. The maximum Gasteiger partial charge on any atom is 0.130 e. The van der Waals surface area contributed by atoms with Gasteiger partial charge in [-0.25, -0.2) is 14.4 Å². The number of pyridine rings is 1. The molecule has 0 aliphatic carbocycles. The number of rotatable bonds is 7. The lowest BCUT2D eigenvalue weighted by atomic mass is 10.0. The van der Waals surface area contributed by atoms with Crippen molar-refractivity contribution in [3.05, 3.63) is 82.8 Å². The van der Waals surface area contributed by atoms with E-state index >= 15 is 0 Å². The first-order valence-corrected chi connectivity index (χ1v) is 11.0. The normalized spacial score (nSPS) is 12.3. The molecule has 0 fully saturated rings. The van der Waals surface area contributed by atoms with Crippen molar-refractivity contribution >= 4 is 28.2 Å². The largest absolute Gasteiger partial charge is 0.393 e. The lowest BCUT2D eigenvalue weighted by molar-refractivity contribution is 0.0955. The van der Waals surface area contributed by atoms with Gasteiger partial charge in [0.2, 0.25) is 0 Å². The van der Waals surface area contributed by atoms with E-state index in [1.807, 2.05) is 32.0 Å². The Morgan fingerprint density at radius 3 is 2.45 bits per heavy atom. The Kier molecular flexibility index (Phi) is 6.83. The van der Waals surface area contributed by atoms with Crippen LogP contribution in [0.15, 0.2) is 55.0 Å². The molecule has 0 amide bonds. The Hall–Kier alpha value is -3.13. The van der Waals surface area contributed by atoms with E-state index in [4.69, 9.17) is 11.6 Å². The van der Waals surface area contributed by atoms with E-state index < -0.39 is 18.5 Å². The third-order valence-corrected chi connectivity index (χ3v) is 5.71. The quantitative estimate of drug-likeness (QED) is 0.345. The minimum Gasteiger partial charge on any atom is -0.393 e. The molecule has 4 rings (SSSR count). The molecule has 4 aromatic rings. The molecule has 0 bridgehead atoms. The molecule has 0 aliphatic rings. The first-order chi connectivity index (χ1) is 15.9. The minimum absolute atomic E-state index is 0.132. The van der Waals surface area contributed by atoms with Crippen LogP contribution in [0.25, 0.3) is 22.0 Å². The van der Waals surface area contributed by atoms with Crippen LogP contribution in [0, 0.1) is 5.82 Å². The second kappa shape index (κ2) is 9.79. The molecule has 170 valence electrons. The van der Waals surface area contributed by atoms with Crippen LogP contribution in [0.4, 0.5) is 10.1 Å². The molecule has 1 atom stereocenters. The van der Waals surface area contributed by atoms with Gasteiger partial charge >= 0.3 is 0 Å². The highest BCUT2D eigenvalue weighted by Gasteiger charge is 2.13. The summed E-state index contributed by atoms with van der Waals surface area (Å²) >= 11 is 6.45. The number of hydrogen-bond donors (Lipinski definition) is 3. The van der Waals surface area contributed by atoms with Crippen LogP contribution in [-0.4, -0.2) is 31.8 Å². The summed E-state index contributed by atoms with van der Waals surface area (Å²) in [6.45, 7) is 3.77. The Bertz CT molecular complexity index is 1280. The van der Waals surface area contributed by atoms with Gasteiger partial charge in [0.05, 0.1) is 22.8 Å². The predicted molar refractivity (Wildman–Crippen MR) is 128 cm³/mol. The Morgan fingerprint density at radius 1 is 1.00 bits per heavy atom. The summed E-state index contributed by atoms with van der Waals surface area (Å²) in [6.07, 6.45) is 4.07. The molecule has 2 heterocycles. The summed E-state index contributed by atoms with van der Waals surface area (Å²) in [5.41, 5.74) is 3.91. The van der Waals surface area contributed by atoms with Crippen LogP contribution in [0.5, 0.6) is 0 Å². The number of nitrogens with zero attached hydrogens (tertiary/aromatic N) is 3. The van der Waals surface area contributed by atoms with Crippen LogP contribution in [-0.2, 0) is 6.54 Å². The molecule has 0 spiro atoms. The van der Waals surface area contributed by atoms with Gasteiger partial charge in [0.25, 0.3) is 0 Å². The summed E-state index contributed by atoms with van der Waals surface area (Å²) in [4.78, 5) is 13.3. The summed E-state index contributed by atoms with van der Waals surface area (Å²) in [6, 6.07) is 10.0. The number of aliphatic hydroxyl groups excluding tert-OH is 2. The molecule has 0 saturated heterocycles. The number of anilines is 1. The average molecular weight is 467 g/mol. The molecule has 33 heavy (non-hydrogen) atoms. The summed E-state index contributed by atoms with van der Waals surface area (Å²) in [5, 5.41) is 23.4. The summed E-state index contributed by atoms with van der Waals surface area (Å²) in [7, 11) is 0. The molecule has 1 unspecified atom stereocenters. The van der Waals surface area contributed by atoms with Crippen molar-refractivity contribution in [2.75, 3.05) is 11.9 Å². The molecular weight excluding hydrogens is 443 g/mol. The number of aliphatic hydroxyl groups is 2. The number of halogens is 2. The van der Waals surface area contributed by atoms with Gasteiger partial charge in [-0.2, -0.15) is 0 Å². The predicted octanol–water partition coefficient (Wildman–Crippen LogP) is 5.25. The van der Waals surface area contributed by atoms with Crippen molar-refractivity contribution in [1.82, 2.24) is 15.0 Å². The molecule has 3 N–H and O–H groups in total. The Labute approximate surface area is 196 Å². The fourth-order valence-electron chi connectivity index (χ4n) is 3.54. The highest BCUT2D eigenvalue weighted by Crippen LogP contribution is 2.33. The second-order valence-corrected chi connectivity index (χ2v) is 8.51. The molecule has 0 aliphatic heterocycles. The highest BCUT2D eigenvalue weighted by molar-refractivity contribution is 6.34. The average Bonchev–Trinajstić information content (AvgIpc) is 2.83. The van der Waals surface area contributed by atoms with Gasteiger partial charge in [0.1, 0.15) is 17.7 Å². The summed E-state index contributed by atoms with van der Waals surface area (Å²) < 4.78 is 14.4. The van der Waals surface area contributed by atoms with Crippen molar-refractivity contribution in [3.63, 3.8) is 0 Å². The van der Waals surface area contributed by atoms with Gasteiger partial charge in [-0.05, 0) is 35.4 Å². The zero-order valence-electron chi connectivity index (χ0n) is 18.3. The number of benzene rings is 2. The standard InChI is InChI=1S/C25H24ClFN4O2/c1-14(2)25-30-10-18(11-31-25)15-4-6-22-19(8-15)24(20(26)12-28-22)29-9-17-7-16(23(33)13-32)3-5-21(17)27/h3-8,10-12,14,23,32-33H,9,13H2,1-2H3,(H,28,29). The van der Waals surface area contributed by atoms with Crippen molar-refractivity contribution in [2.45, 2.75) is 32.4 Å². The maximum absolute atomic E-state index is 14.4. The molecule has 2 aromatic carbocycles. The topological polar surface area (TPSA) is 91.2 Å². The van der Waals surface area contributed by atoms with Crippen LogP contribution >= 0.6 is 11.6 Å². The van der Waals surface area contributed by atoms with Crippen LogP contribution < -0.4 is 5.32 Å². The van der Waals surface area contributed by atoms with Gasteiger partial charge in [-0.15, -0.1) is 0 Å². The molecule has 0 radical (unpaired) electrons. The number of fused-ring (bicyclic) bond motifs is 1. The zero-order chi connectivity index (χ0) is 23.5. The second-order valence-electron chi connectivity index (χ2n) is 8.10. The van der Waals surface area contributed by atoms with Gasteiger partial charge in [0.15, 0.2) is 0 Å². The van der Waals surface area contributed by atoms with E-state index in [1.165, 1.54) is 18.2 Å². The summed E-state index contributed by atoms with van der Waals surface area (Å²) in [5.74, 6) is 0.600. The van der Waals surface area contributed by atoms with Gasteiger partial charge in [-0.3, -0.25) is 4.98 Å². The van der Waals surface area contributed by atoms with Gasteiger partial charge in [-0.1, -0.05) is 37.6 Å². The monoisotopic (exact) mass is 466 g/mol. The van der Waals surface area contributed by atoms with Crippen LogP contribution in [0.3, 0.4) is 0 Å². The van der Waals surface area contributed by atoms with E-state index in [1.54, 1.807) is 18.6 Å².